The highest BCUT2D eigenvalue weighted by Gasteiger charge is 2.30. The van der Waals surface area contributed by atoms with E-state index in [1.54, 1.807) is 0 Å². The molecular formula is C14H19N3O3S. The number of aromatic nitrogens is 2. The molecule has 0 radical (unpaired) electrons. The molecule has 1 heterocycles. The molecule has 21 heavy (non-hydrogen) atoms. The summed E-state index contributed by atoms with van der Waals surface area (Å²) in [4.78, 5) is 31.3. The molecule has 114 valence electrons. The topological polar surface area (TPSA) is 92.2 Å². The lowest BCUT2D eigenvalue weighted by Crippen LogP contribution is -2.34. The Kier molecular flexibility index (Phi) is 5.17. The van der Waals surface area contributed by atoms with Crippen molar-refractivity contribution in [1.82, 2.24) is 15.3 Å². The maximum Gasteiger partial charge on any atom is 0.306 e. The van der Waals surface area contributed by atoms with Crippen molar-refractivity contribution in [3.8, 4) is 0 Å². The van der Waals surface area contributed by atoms with Crippen LogP contribution < -0.4 is 5.32 Å². The van der Waals surface area contributed by atoms with E-state index in [1.165, 1.54) is 11.8 Å². The fourth-order valence-corrected chi connectivity index (χ4v) is 3.26. The number of aryl methyl sites for hydroxylation is 2. The predicted octanol–water partition coefficient (Wildman–Crippen LogP) is 1.56. The Hall–Kier alpha value is -1.63. The van der Waals surface area contributed by atoms with E-state index in [0.29, 0.717) is 18.0 Å². The lowest BCUT2D eigenvalue weighted by Gasteiger charge is -2.12. The molecule has 0 saturated heterocycles. The fraction of sp³-hybridized carbons (Fsp3) is 0.571. The van der Waals surface area contributed by atoms with Crippen molar-refractivity contribution in [2.45, 2.75) is 44.3 Å². The van der Waals surface area contributed by atoms with Crippen LogP contribution in [-0.2, 0) is 9.59 Å². The van der Waals surface area contributed by atoms with Gasteiger partial charge in [-0.05, 0) is 39.2 Å². The van der Waals surface area contributed by atoms with E-state index in [-0.39, 0.29) is 23.6 Å². The minimum absolute atomic E-state index is 0.0284. The molecule has 1 aromatic heterocycles. The average Bonchev–Trinajstić information content (AvgIpc) is 2.84. The van der Waals surface area contributed by atoms with Crippen LogP contribution >= 0.6 is 11.8 Å². The second kappa shape index (κ2) is 6.89. The number of carbonyl (C=O) groups is 2. The van der Waals surface area contributed by atoms with Gasteiger partial charge in [0.15, 0.2) is 5.16 Å². The Morgan fingerprint density at radius 3 is 2.57 bits per heavy atom. The Bertz CT molecular complexity index is 530. The first-order chi connectivity index (χ1) is 9.94. The number of rotatable bonds is 5. The van der Waals surface area contributed by atoms with Crippen LogP contribution in [0.4, 0.5) is 0 Å². The van der Waals surface area contributed by atoms with Crippen LogP contribution in [0.15, 0.2) is 11.2 Å². The summed E-state index contributed by atoms with van der Waals surface area (Å²) in [6.07, 6.45) is 1.88. The number of carboxylic acids is 1. The standard InChI is InChI=1S/C14H19N3O3S/c1-8-5-9(2)16-14(15-8)21-7-12(18)17-11-4-3-10(6-11)13(19)20/h5,10-11H,3-4,6-7H2,1-2H3,(H,17,18)(H,19,20)/t10-,11+/m1/s1. The zero-order chi connectivity index (χ0) is 15.4. The SMILES string of the molecule is Cc1cc(C)nc(SCC(=O)N[C@H]2CC[C@@H](C(=O)O)C2)n1. The maximum absolute atomic E-state index is 11.9. The van der Waals surface area contributed by atoms with Crippen molar-refractivity contribution >= 4 is 23.6 Å². The van der Waals surface area contributed by atoms with Crippen LogP contribution in [0.1, 0.15) is 30.7 Å². The van der Waals surface area contributed by atoms with Gasteiger partial charge in [-0.1, -0.05) is 11.8 Å². The van der Waals surface area contributed by atoms with Crippen LogP contribution in [0, 0.1) is 19.8 Å². The smallest absolute Gasteiger partial charge is 0.306 e. The first kappa shape index (κ1) is 15.8. The molecule has 2 N–H and O–H groups in total. The second-order valence-electron chi connectivity index (χ2n) is 5.33. The molecule has 0 bridgehead atoms. The molecule has 2 atom stereocenters. The molecule has 1 aromatic rings. The minimum Gasteiger partial charge on any atom is -0.481 e. The van der Waals surface area contributed by atoms with Gasteiger partial charge in [-0.3, -0.25) is 9.59 Å². The van der Waals surface area contributed by atoms with Gasteiger partial charge in [0.1, 0.15) is 0 Å². The second-order valence-corrected chi connectivity index (χ2v) is 6.28. The summed E-state index contributed by atoms with van der Waals surface area (Å²) in [7, 11) is 0. The Labute approximate surface area is 127 Å². The van der Waals surface area contributed by atoms with Crippen molar-refractivity contribution in [3.63, 3.8) is 0 Å². The van der Waals surface area contributed by atoms with Gasteiger partial charge in [-0.2, -0.15) is 0 Å². The molecule has 0 spiro atoms. The van der Waals surface area contributed by atoms with Crippen molar-refractivity contribution in [1.29, 1.82) is 0 Å². The van der Waals surface area contributed by atoms with Crippen molar-refractivity contribution in [2.75, 3.05) is 5.75 Å². The van der Waals surface area contributed by atoms with Gasteiger partial charge in [0.05, 0.1) is 11.7 Å². The van der Waals surface area contributed by atoms with Gasteiger partial charge < -0.3 is 10.4 Å². The molecule has 1 aliphatic rings. The number of hydrogen-bond donors (Lipinski definition) is 2. The minimum atomic E-state index is -0.773. The number of aliphatic carboxylic acids is 1. The zero-order valence-corrected chi connectivity index (χ0v) is 12.9. The molecule has 2 rings (SSSR count). The lowest BCUT2D eigenvalue weighted by atomic mass is 10.1. The number of carboxylic acid groups (broad SMARTS) is 1. The number of amides is 1. The molecule has 0 aromatic carbocycles. The van der Waals surface area contributed by atoms with Crippen molar-refractivity contribution in [3.05, 3.63) is 17.5 Å². The predicted molar refractivity (Wildman–Crippen MR) is 79.1 cm³/mol. The highest BCUT2D eigenvalue weighted by Crippen LogP contribution is 2.25. The summed E-state index contributed by atoms with van der Waals surface area (Å²) >= 11 is 1.30. The van der Waals surface area contributed by atoms with E-state index in [9.17, 15) is 9.59 Å². The number of carbonyl (C=O) groups excluding carboxylic acids is 1. The van der Waals surface area contributed by atoms with E-state index < -0.39 is 5.97 Å². The van der Waals surface area contributed by atoms with E-state index in [1.807, 2.05) is 19.9 Å². The first-order valence-electron chi connectivity index (χ1n) is 6.91. The maximum atomic E-state index is 11.9. The highest BCUT2D eigenvalue weighted by molar-refractivity contribution is 7.99. The van der Waals surface area contributed by atoms with E-state index in [2.05, 4.69) is 15.3 Å². The van der Waals surface area contributed by atoms with Crippen LogP contribution in [0.5, 0.6) is 0 Å². The summed E-state index contributed by atoms with van der Waals surface area (Å²) in [5.74, 6) is -0.953. The monoisotopic (exact) mass is 309 g/mol. The number of nitrogens with one attached hydrogen (secondary N) is 1. The van der Waals surface area contributed by atoms with Gasteiger partial charge in [0, 0.05) is 17.4 Å². The number of nitrogens with zero attached hydrogens (tertiary/aromatic N) is 2. The molecule has 1 saturated carbocycles. The summed E-state index contributed by atoms with van der Waals surface area (Å²) in [6.45, 7) is 3.78. The van der Waals surface area contributed by atoms with Crippen molar-refractivity contribution in [2.24, 2.45) is 5.92 Å². The van der Waals surface area contributed by atoms with Gasteiger partial charge >= 0.3 is 5.97 Å². The summed E-state index contributed by atoms with van der Waals surface area (Å²) < 4.78 is 0. The molecule has 7 heteroatoms. The van der Waals surface area contributed by atoms with Crippen molar-refractivity contribution < 1.29 is 14.7 Å². The zero-order valence-electron chi connectivity index (χ0n) is 12.1. The van der Waals surface area contributed by atoms with Crippen LogP contribution in [0.25, 0.3) is 0 Å². The van der Waals surface area contributed by atoms with Gasteiger partial charge in [0.2, 0.25) is 5.91 Å². The molecule has 1 aliphatic carbocycles. The molecule has 1 amide bonds. The third kappa shape index (κ3) is 4.70. The highest BCUT2D eigenvalue weighted by atomic mass is 32.2. The summed E-state index contributed by atoms with van der Waals surface area (Å²) in [5.41, 5.74) is 1.76. The van der Waals surface area contributed by atoms with E-state index in [4.69, 9.17) is 5.11 Å². The van der Waals surface area contributed by atoms with Gasteiger partial charge in [-0.15, -0.1) is 0 Å². The van der Waals surface area contributed by atoms with Crippen LogP contribution in [0.2, 0.25) is 0 Å². The summed E-state index contributed by atoms with van der Waals surface area (Å²) in [6, 6.07) is 1.86. The quantitative estimate of drug-likeness (QED) is 0.633. The van der Waals surface area contributed by atoms with E-state index in [0.717, 1.165) is 17.8 Å². The van der Waals surface area contributed by atoms with Crippen LogP contribution in [-0.4, -0.2) is 38.7 Å². The Morgan fingerprint density at radius 2 is 2.00 bits per heavy atom. The Balaban J connectivity index is 1.79. The van der Waals surface area contributed by atoms with E-state index >= 15 is 0 Å². The Morgan fingerprint density at radius 1 is 1.33 bits per heavy atom. The average molecular weight is 309 g/mol. The fourth-order valence-electron chi connectivity index (χ4n) is 2.49. The third-order valence-electron chi connectivity index (χ3n) is 3.44. The normalized spacial score (nSPS) is 21.2. The first-order valence-corrected chi connectivity index (χ1v) is 7.90. The number of hydrogen-bond acceptors (Lipinski definition) is 5. The molecule has 0 unspecified atom stereocenters. The molecule has 6 nitrogen and oxygen atoms in total. The molecular weight excluding hydrogens is 290 g/mol. The largest absolute Gasteiger partial charge is 0.481 e. The van der Waals surface area contributed by atoms with Gasteiger partial charge in [0.25, 0.3) is 0 Å². The third-order valence-corrected chi connectivity index (χ3v) is 4.29. The summed E-state index contributed by atoms with van der Waals surface area (Å²) in [5, 5.41) is 12.4. The lowest BCUT2D eigenvalue weighted by molar-refractivity contribution is -0.141. The molecule has 1 fully saturated rings. The number of thioether (sulfide) groups is 1. The van der Waals surface area contributed by atoms with Gasteiger partial charge in [-0.25, -0.2) is 9.97 Å². The van der Waals surface area contributed by atoms with Crippen LogP contribution in [0.3, 0.4) is 0 Å². The molecule has 0 aliphatic heterocycles.